The molecule has 0 unspecified atom stereocenters. The van der Waals surface area contributed by atoms with Crippen LogP contribution >= 0.6 is 11.6 Å². The van der Waals surface area contributed by atoms with E-state index in [9.17, 15) is 0 Å². The highest BCUT2D eigenvalue weighted by Gasteiger charge is 2.03. The zero-order chi connectivity index (χ0) is 15.5. The molecule has 0 aliphatic heterocycles. The summed E-state index contributed by atoms with van der Waals surface area (Å²) in [6.45, 7) is 2.00. The summed E-state index contributed by atoms with van der Waals surface area (Å²) in [5, 5.41) is 5.86. The van der Waals surface area contributed by atoms with Gasteiger partial charge in [-0.15, -0.1) is 0 Å². The van der Waals surface area contributed by atoms with Crippen molar-refractivity contribution in [2.75, 3.05) is 5.32 Å². The van der Waals surface area contributed by atoms with Crippen LogP contribution in [0, 0.1) is 6.92 Å². The van der Waals surface area contributed by atoms with Crippen LogP contribution < -0.4 is 11.1 Å². The molecule has 3 aromatic carbocycles. The lowest BCUT2D eigenvalue weighted by molar-refractivity contribution is 1.43. The number of hydrogen-bond donors (Lipinski definition) is 2. The summed E-state index contributed by atoms with van der Waals surface area (Å²) in [5.41, 5.74) is 8.71. The van der Waals surface area contributed by atoms with E-state index >= 15 is 0 Å². The predicted octanol–water partition coefficient (Wildman–Crippen LogP) is 4.86. The summed E-state index contributed by atoms with van der Waals surface area (Å²) in [5.74, 6) is 0.309. The van der Waals surface area contributed by atoms with Crippen molar-refractivity contribution in [3.8, 4) is 0 Å². The van der Waals surface area contributed by atoms with Crippen molar-refractivity contribution in [2.24, 2.45) is 10.7 Å². The number of aryl methyl sites for hydroxylation is 1. The molecule has 0 aliphatic carbocycles. The summed E-state index contributed by atoms with van der Waals surface area (Å²) in [6, 6.07) is 19.8. The maximum atomic E-state index is 6.17. The van der Waals surface area contributed by atoms with Crippen LogP contribution in [-0.2, 0) is 0 Å². The van der Waals surface area contributed by atoms with Gasteiger partial charge >= 0.3 is 0 Å². The minimum Gasteiger partial charge on any atom is -0.369 e. The number of hydrogen-bond acceptors (Lipinski definition) is 1. The second-order valence-electron chi connectivity index (χ2n) is 5.10. The molecule has 0 aliphatic rings. The van der Waals surface area contributed by atoms with E-state index in [0.29, 0.717) is 11.0 Å². The number of fused-ring (bicyclic) bond motifs is 1. The molecule has 3 N–H and O–H groups in total. The van der Waals surface area contributed by atoms with Crippen LogP contribution in [0.5, 0.6) is 0 Å². The SMILES string of the molecule is Cc1ccc(Cl)c(NC(N)=Nc2cccc3ccccc23)c1. The second-order valence-corrected chi connectivity index (χ2v) is 5.51. The molecule has 3 aromatic rings. The Bertz CT molecular complexity index is 851. The summed E-state index contributed by atoms with van der Waals surface area (Å²) in [7, 11) is 0. The summed E-state index contributed by atoms with van der Waals surface area (Å²) in [6.07, 6.45) is 0. The van der Waals surface area contributed by atoms with Crippen molar-refractivity contribution in [3.05, 3.63) is 71.2 Å². The number of rotatable bonds is 2. The molecule has 0 spiro atoms. The lowest BCUT2D eigenvalue weighted by Crippen LogP contribution is -2.22. The van der Waals surface area contributed by atoms with Gasteiger partial charge in [-0.05, 0) is 36.1 Å². The fraction of sp³-hybridized carbons (Fsp3) is 0.0556. The number of guanidine groups is 1. The van der Waals surface area contributed by atoms with Crippen LogP contribution in [0.15, 0.2) is 65.7 Å². The maximum absolute atomic E-state index is 6.17. The largest absolute Gasteiger partial charge is 0.369 e. The fourth-order valence-electron chi connectivity index (χ4n) is 2.34. The molecule has 3 rings (SSSR count). The second kappa shape index (κ2) is 6.08. The van der Waals surface area contributed by atoms with Crippen molar-refractivity contribution >= 4 is 39.7 Å². The van der Waals surface area contributed by atoms with Crippen LogP contribution in [0.4, 0.5) is 11.4 Å². The van der Waals surface area contributed by atoms with Gasteiger partial charge in [0.1, 0.15) is 0 Å². The lowest BCUT2D eigenvalue weighted by atomic mass is 10.1. The molecular weight excluding hydrogens is 294 g/mol. The lowest BCUT2D eigenvalue weighted by Gasteiger charge is -2.09. The van der Waals surface area contributed by atoms with Gasteiger partial charge in [0.05, 0.1) is 16.4 Å². The van der Waals surface area contributed by atoms with Crippen molar-refractivity contribution in [1.82, 2.24) is 0 Å². The van der Waals surface area contributed by atoms with Gasteiger partial charge < -0.3 is 11.1 Å². The van der Waals surface area contributed by atoms with E-state index in [0.717, 1.165) is 27.7 Å². The summed E-state index contributed by atoms with van der Waals surface area (Å²) < 4.78 is 0. The average molecular weight is 310 g/mol. The van der Waals surface area contributed by atoms with E-state index in [-0.39, 0.29) is 0 Å². The maximum Gasteiger partial charge on any atom is 0.198 e. The third kappa shape index (κ3) is 3.05. The molecule has 3 nitrogen and oxygen atoms in total. The third-order valence-electron chi connectivity index (χ3n) is 3.39. The molecule has 0 amide bonds. The predicted molar refractivity (Wildman–Crippen MR) is 95.0 cm³/mol. The Labute approximate surface area is 134 Å². The van der Waals surface area contributed by atoms with E-state index in [4.69, 9.17) is 17.3 Å². The number of anilines is 1. The molecule has 0 bridgehead atoms. The monoisotopic (exact) mass is 309 g/mol. The molecule has 0 saturated carbocycles. The quantitative estimate of drug-likeness (QED) is 0.524. The molecule has 0 saturated heterocycles. The van der Waals surface area contributed by atoms with Gasteiger partial charge in [-0.1, -0.05) is 54.1 Å². The highest BCUT2D eigenvalue weighted by atomic mass is 35.5. The number of halogens is 1. The number of aliphatic imine (C=N–C) groups is 1. The molecule has 0 fully saturated rings. The zero-order valence-electron chi connectivity index (χ0n) is 12.2. The van der Waals surface area contributed by atoms with Gasteiger partial charge in [0.2, 0.25) is 0 Å². The van der Waals surface area contributed by atoms with Crippen molar-refractivity contribution < 1.29 is 0 Å². The van der Waals surface area contributed by atoms with Crippen molar-refractivity contribution in [1.29, 1.82) is 0 Å². The van der Waals surface area contributed by atoms with Gasteiger partial charge in [-0.25, -0.2) is 4.99 Å². The molecule has 0 aromatic heterocycles. The Morgan fingerprint density at radius 1 is 1.05 bits per heavy atom. The molecular formula is C18H16ClN3. The van der Waals surface area contributed by atoms with E-state index in [1.807, 2.05) is 55.5 Å². The Hall–Kier alpha value is -2.52. The molecule has 0 atom stereocenters. The number of nitrogens with zero attached hydrogens (tertiary/aromatic N) is 1. The highest BCUT2D eigenvalue weighted by Crippen LogP contribution is 2.26. The van der Waals surface area contributed by atoms with Crippen LogP contribution in [0.1, 0.15) is 5.56 Å². The molecule has 0 radical (unpaired) electrons. The van der Waals surface area contributed by atoms with Crippen LogP contribution in [0.3, 0.4) is 0 Å². The Morgan fingerprint density at radius 3 is 2.68 bits per heavy atom. The van der Waals surface area contributed by atoms with Gasteiger partial charge in [0.25, 0.3) is 0 Å². The Balaban J connectivity index is 1.95. The topological polar surface area (TPSA) is 50.4 Å². The molecule has 4 heteroatoms. The first kappa shape index (κ1) is 14.4. The van der Waals surface area contributed by atoms with Gasteiger partial charge in [-0.3, -0.25) is 0 Å². The number of nitrogens with one attached hydrogen (secondary N) is 1. The normalized spacial score (nSPS) is 11.6. The minimum atomic E-state index is 0.309. The van der Waals surface area contributed by atoms with E-state index in [1.54, 1.807) is 0 Å². The van der Waals surface area contributed by atoms with Crippen LogP contribution in [-0.4, -0.2) is 5.96 Å². The molecule has 0 heterocycles. The first-order valence-electron chi connectivity index (χ1n) is 6.98. The number of benzene rings is 3. The fourth-order valence-corrected chi connectivity index (χ4v) is 2.50. The first-order chi connectivity index (χ1) is 10.6. The molecule has 22 heavy (non-hydrogen) atoms. The average Bonchev–Trinajstić information content (AvgIpc) is 2.51. The van der Waals surface area contributed by atoms with Crippen molar-refractivity contribution in [3.63, 3.8) is 0 Å². The highest BCUT2D eigenvalue weighted by molar-refractivity contribution is 6.33. The minimum absolute atomic E-state index is 0.309. The standard InChI is InChI=1S/C18H16ClN3/c1-12-9-10-15(19)17(11-12)22-18(20)21-16-8-4-6-13-5-2-3-7-14(13)16/h2-11H,1H3,(H3,20,21,22). The first-order valence-corrected chi connectivity index (χ1v) is 7.36. The number of nitrogens with two attached hydrogens (primary N) is 1. The summed E-state index contributed by atoms with van der Waals surface area (Å²) >= 11 is 6.17. The Morgan fingerprint density at radius 2 is 1.82 bits per heavy atom. The van der Waals surface area contributed by atoms with E-state index in [1.165, 1.54) is 0 Å². The van der Waals surface area contributed by atoms with Crippen molar-refractivity contribution in [2.45, 2.75) is 6.92 Å². The van der Waals surface area contributed by atoms with Gasteiger partial charge in [0, 0.05) is 5.39 Å². The van der Waals surface area contributed by atoms with Gasteiger partial charge in [-0.2, -0.15) is 0 Å². The Kier molecular flexibility index (Phi) is 3.98. The molecule has 110 valence electrons. The smallest absolute Gasteiger partial charge is 0.198 e. The third-order valence-corrected chi connectivity index (χ3v) is 3.72. The van der Waals surface area contributed by atoms with E-state index in [2.05, 4.69) is 22.4 Å². The van der Waals surface area contributed by atoms with Gasteiger partial charge in [0.15, 0.2) is 5.96 Å². The zero-order valence-corrected chi connectivity index (χ0v) is 12.9. The summed E-state index contributed by atoms with van der Waals surface area (Å²) in [4.78, 5) is 4.48. The van der Waals surface area contributed by atoms with E-state index < -0.39 is 0 Å². The van der Waals surface area contributed by atoms with Crippen LogP contribution in [0.25, 0.3) is 10.8 Å². The van der Waals surface area contributed by atoms with Crippen LogP contribution in [0.2, 0.25) is 5.02 Å².